The molecule has 0 amide bonds. The molecule has 2 rings (SSSR count). The van der Waals surface area contributed by atoms with Crippen molar-refractivity contribution in [3.8, 4) is 11.8 Å². The quantitative estimate of drug-likeness (QED) is 0.772. The van der Waals surface area contributed by atoms with Crippen LogP contribution in [0.25, 0.3) is 0 Å². The summed E-state index contributed by atoms with van der Waals surface area (Å²) in [4.78, 5) is 0. The van der Waals surface area contributed by atoms with Gasteiger partial charge in [0.15, 0.2) is 0 Å². The molecule has 0 bridgehead atoms. The summed E-state index contributed by atoms with van der Waals surface area (Å²) in [5.74, 6) is 1.87. The molecule has 1 aromatic carbocycles. The molecule has 1 aliphatic rings. The molecule has 90 valence electrons. The van der Waals surface area contributed by atoms with Crippen LogP contribution in [-0.2, 0) is 0 Å². The topological polar surface area (TPSA) is 33.0 Å². The van der Waals surface area contributed by atoms with Gasteiger partial charge in [-0.25, -0.2) is 0 Å². The van der Waals surface area contributed by atoms with Crippen LogP contribution in [0, 0.1) is 24.2 Å². The molecule has 2 nitrogen and oxygen atoms in total. The smallest absolute Gasteiger partial charge is 0.121 e. The van der Waals surface area contributed by atoms with E-state index in [4.69, 9.17) is 10.00 Å². The summed E-state index contributed by atoms with van der Waals surface area (Å²) in [6.45, 7) is 2.09. The van der Waals surface area contributed by atoms with Crippen LogP contribution in [-0.4, -0.2) is 7.11 Å². The molecule has 1 aromatic rings. The summed E-state index contributed by atoms with van der Waals surface area (Å²) >= 11 is 0. The summed E-state index contributed by atoms with van der Waals surface area (Å²) in [5, 5.41) is 8.89. The molecule has 0 saturated heterocycles. The van der Waals surface area contributed by atoms with Crippen LogP contribution >= 0.6 is 0 Å². The molecule has 0 spiro atoms. The Morgan fingerprint density at radius 1 is 1.24 bits per heavy atom. The van der Waals surface area contributed by atoms with Crippen LogP contribution in [0.5, 0.6) is 5.75 Å². The van der Waals surface area contributed by atoms with Gasteiger partial charge in [0.2, 0.25) is 0 Å². The number of nitrogens with zero attached hydrogens (tertiary/aromatic N) is 1. The Kier molecular flexibility index (Phi) is 3.68. The van der Waals surface area contributed by atoms with Gasteiger partial charge in [-0.3, -0.25) is 0 Å². The van der Waals surface area contributed by atoms with E-state index >= 15 is 0 Å². The van der Waals surface area contributed by atoms with E-state index in [1.807, 2.05) is 0 Å². The Balaban J connectivity index is 2.09. The number of methoxy groups -OCH3 is 1. The number of hydrogen-bond donors (Lipinski definition) is 0. The molecule has 0 heterocycles. The van der Waals surface area contributed by atoms with Crippen LogP contribution in [0.4, 0.5) is 0 Å². The van der Waals surface area contributed by atoms with Crippen LogP contribution < -0.4 is 4.74 Å². The highest BCUT2D eigenvalue weighted by Gasteiger charge is 2.22. The third-order valence-electron chi connectivity index (χ3n) is 3.80. The Morgan fingerprint density at radius 3 is 2.47 bits per heavy atom. The number of aryl methyl sites for hydroxylation is 1. The van der Waals surface area contributed by atoms with E-state index in [-0.39, 0.29) is 5.92 Å². The van der Waals surface area contributed by atoms with E-state index in [2.05, 4.69) is 31.2 Å². The molecule has 0 aromatic heterocycles. The zero-order valence-corrected chi connectivity index (χ0v) is 10.6. The maximum Gasteiger partial charge on any atom is 0.121 e. The van der Waals surface area contributed by atoms with E-state index in [1.54, 1.807) is 7.11 Å². The molecule has 2 heteroatoms. The van der Waals surface area contributed by atoms with Crippen molar-refractivity contribution in [3.05, 3.63) is 29.3 Å². The third-order valence-corrected chi connectivity index (χ3v) is 3.80. The molecule has 0 aliphatic heterocycles. The second-order valence-corrected chi connectivity index (χ2v) is 4.91. The first-order valence-electron chi connectivity index (χ1n) is 6.28. The first kappa shape index (κ1) is 12.0. The van der Waals surface area contributed by atoms with Gasteiger partial charge in [-0.1, -0.05) is 12.1 Å². The highest BCUT2D eigenvalue weighted by molar-refractivity contribution is 5.37. The lowest BCUT2D eigenvalue weighted by molar-refractivity contribution is 0.381. The van der Waals surface area contributed by atoms with Gasteiger partial charge < -0.3 is 4.74 Å². The van der Waals surface area contributed by atoms with Crippen molar-refractivity contribution in [2.45, 2.75) is 38.5 Å². The fourth-order valence-electron chi connectivity index (χ4n) is 2.71. The number of ether oxygens (including phenoxy) is 1. The number of benzene rings is 1. The van der Waals surface area contributed by atoms with Gasteiger partial charge in [0.25, 0.3) is 0 Å². The van der Waals surface area contributed by atoms with E-state index in [9.17, 15) is 0 Å². The predicted octanol–water partition coefficient (Wildman–Crippen LogP) is 3.80. The Bertz CT molecular complexity index is 425. The van der Waals surface area contributed by atoms with Crippen molar-refractivity contribution in [2.24, 2.45) is 5.92 Å². The second kappa shape index (κ2) is 5.23. The second-order valence-electron chi connectivity index (χ2n) is 4.91. The minimum atomic E-state index is 0.283. The van der Waals surface area contributed by atoms with Gasteiger partial charge in [0.05, 0.1) is 13.2 Å². The van der Waals surface area contributed by atoms with Gasteiger partial charge in [-0.05, 0) is 55.7 Å². The normalized spacial score (nSPS) is 24.1. The van der Waals surface area contributed by atoms with Gasteiger partial charge in [0, 0.05) is 5.92 Å². The van der Waals surface area contributed by atoms with Gasteiger partial charge >= 0.3 is 0 Å². The maximum atomic E-state index is 8.89. The first-order chi connectivity index (χ1) is 8.24. The Labute approximate surface area is 103 Å². The van der Waals surface area contributed by atoms with Crippen molar-refractivity contribution < 1.29 is 4.74 Å². The molecule has 17 heavy (non-hydrogen) atoms. The fourth-order valence-corrected chi connectivity index (χ4v) is 2.71. The predicted molar refractivity (Wildman–Crippen MR) is 68.0 cm³/mol. The van der Waals surface area contributed by atoms with Crippen LogP contribution in [0.15, 0.2) is 18.2 Å². The van der Waals surface area contributed by atoms with E-state index in [0.717, 1.165) is 31.4 Å². The van der Waals surface area contributed by atoms with Crippen LogP contribution in [0.1, 0.15) is 42.7 Å². The fraction of sp³-hybridized carbons (Fsp3) is 0.533. The van der Waals surface area contributed by atoms with E-state index in [0.29, 0.717) is 5.92 Å². The van der Waals surface area contributed by atoms with E-state index in [1.165, 1.54) is 11.1 Å². The van der Waals surface area contributed by atoms with Crippen LogP contribution in [0.3, 0.4) is 0 Å². The monoisotopic (exact) mass is 229 g/mol. The van der Waals surface area contributed by atoms with Crippen molar-refractivity contribution >= 4 is 0 Å². The lowest BCUT2D eigenvalue weighted by Crippen LogP contribution is -2.12. The van der Waals surface area contributed by atoms with Crippen LogP contribution in [0.2, 0.25) is 0 Å². The van der Waals surface area contributed by atoms with Crippen molar-refractivity contribution in [2.75, 3.05) is 7.11 Å². The SMILES string of the molecule is COc1ccc(C2CCC(C#N)CC2)cc1C. The Morgan fingerprint density at radius 2 is 1.94 bits per heavy atom. The standard InChI is InChI=1S/C15H19NO/c1-11-9-14(7-8-15(11)17-2)13-5-3-12(10-16)4-6-13/h7-9,12-13H,3-6H2,1-2H3. The zero-order valence-electron chi connectivity index (χ0n) is 10.6. The molecule has 0 atom stereocenters. The average Bonchev–Trinajstić information content (AvgIpc) is 2.39. The molecular formula is C15H19NO. The minimum absolute atomic E-state index is 0.283. The molecule has 0 radical (unpaired) electrons. The van der Waals surface area contributed by atoms with Crippen molar-refractivity contribution in [1.29, 1.82) is 5.26 Å². The van der Waals surface area contributed by atoms with Gasteiger partial charge in [-0.15, -0.1) is 0 Å². The van der Waals surface area contributed by atoms with Crippen molar-refractivity contribution in [3.63, 3.8) is 0 Å². The molecule has 0 unspecified atom stereocenters. The summed E-state index contributed by atoms with van der Waals surface area (Å²) in [6, 6.07) is 8.84. The lowest BCUT2D eigenvalue weighted by atomic mass is 9.79. The first-order valence-corrected chi connectivity index (χ1v) is 6.28. The largest absolute Gasteiger partial charge is 0.496 e. The number of nitriles is 1. The molecule has 0 N–H and O–H groups in total. The molecule has 1 fully saturated rings. The average molecular weight is 229 g/mol. The summed E-state index contributed by atoms with van der Waals surface area (Å²) in [5.41, 5.74) is 2.60. The molecular weight excluding hydrogens is 210 g/mol. The van der Waals surface area contributed by atoms with E-state index < -0.39 is 0 Å². The Hall–Kier alpha value is -1.49. The van der Waals surface area contributed by atoms with Gasteiger partial charge in [0.1, 0.15) is 5.75 Å². The zero-order chi connectivity index (χ0) is 12.3. The minimum Gasteiger partial charge on any atom is -0.496 e. The lowest BCUT2D eigenvalue weighted by Gasteiger charge is -2.25. The summed E-state index contributed by atoms with van der Waals surface area (Å²) < 4.78 is 5.28. The number of rotatable bonds is 2. The summed E-state index contributed by atoms with van der Waals surface area (Å²) in [6.07, 6.45) is 4.38. The maximum absolute atomic E-state index is 8.89. The molecule has 1 aliphatic carbocycles. The molecule has 1 saturated carbocycles. The van der Waals surface area contributed by atoms with Gasteiger partial charge in [-0.2, -0.15) is 5.26 Å². The summed E-state index contributed by atoms with van der Waals surface area (Å²) in [7, 11) is 1.71. The van der Waals surface area contributed by atoms with Crippen molar-refractivity contribution in [1.82, 2.24) is 0 Å². The third kappa shape index (κ3) is 2.61. The highest BCUT2D eigenvalue weighted by atomic mass is 16.5. The highest BCUT2D eigenvalue weighted by Crippen LogP contribution is 2.36. The number of hydrogen-bond acceptors (Lipinski definition) is 2.